The molecule has 3 aliphatic rings. The number of nitrogens with two attached hydrogens (primary N) is 1. The van der Waals surface area contributed by atoms with Gasteiger partial charge in [0, 0.05) is 12.5 Å². The Morgan fingerprint density at radius 1 is 1.21 bits per heavy atom. The van der Waals surface area contributed by atoms with E-state index >= 15 is 0 Å². The molecule has 0 unspecified atom stereocenters. The van der Waals surface area contributed by atoms with Crippen molar-refractivity contribution in [2.24, 2.45) is 11.3 Å². The first kappa shape index (κ1) is 19.0. The zero-order valence-corrected chi connectivity index (χ0v) is 16.1. The largest absolute Gasteiger partial charge is 0.481 e. The number of anilines is 1. The van der Waals surface area contributed by atoms with Gasteiger partial charge in [0.1, 0.15) is 24.3 Å². The molecule has 0 saturated heterocycles. The lowest BCUT2D eigenvalue weighted by atomic mass is 9.62. The van der Waals surface area contributed by atoms with Crippen LogP contribution in [0.15, 0.2) is 6.33 Å². The zero-order chi connectivity index (χ0) is 19.7. The molecule has 1 aromatic rings. The lowest BCUT2D eigenvalue weighted by Gasteiger charge is -2.46. The number of nitrogens with zero attached hydrogens (tertiary/aromatic N) is 3. The summed E-state index contributed by atoms with van der Waals surface area (Å²) in [5.74, 6) is -0.0357. The van der Waals surface area contributed by atoms with Crippen molar-refractivity contribution in [3.63, 3.8) is 0 Å². The molecule has 1 aromatic heterocycles. The highest BCUT2D eigenvalue weighted by atomic mass is 16.5. The van der Waals surface area contributed by atoms with Crippen LogP contribution in [0.5, 0.6) is 5.88 Å². The van der Waals surface area contributed by atoms with E-state index in [0.717, 1.165) is 51.4 Å². The minimum Gasteiger partial charge on any atom is -0.481 e. The van der Waals surface area contributed by atoms with E-state index in [1.165, 1.54) is 6.33 Å². The van der Waals surface area contributed by atoms with Gasteiger partial charge in [0.25, 0.3) is 5.91 Å². The van der Waals surface area contributed by atoms with Gasteiger partial charge >= 0.3 is 5.97 Å². The average molecular weight is 388 g/mol. The number of aliphatic carboxylic acids is 1. The second-order valence-electron chi connectivity index (χ2n) is 8.56. The monoisotopic (exact) mass is 388 g/mol. The number of carbonyl (C=O) groups is 2. The van der Waals surface area contributed by atoms with Crippen LogP contribution in [0.25, 0.3) is 0 Å². The third-order valence-corrected chi connectivity index (χ3v) is 6.97. The molecule has 0 radical (unpaired) electrons. The number of fused-ring (bicyclic) bond motifs is 1. The van der Waals surface area contributed by atoms with E-state index in [4.69, 9.17) is 15.6 Å². The smallest absolute Gasteiger partial charge is 0.303 e. The number of carboxylic acid groups (broad SMARTS) is 1. The number of ether oxygens (including phenoxy) is 1. The minimum atomic E-state index is -0.685. The van der Waals surface area contributed by atoms with Crippen molar-refractivity contribution in [2.75, 3.05) is 18.9 Å². The summed E-state index contributed by atoms with van der Waals surface area (Å²) in [5.41, 5.74) is 6.55. The van der Waals surface area contributed by atoms with Crippen molar-refractivity contribution in [3.05, 3.63) is 11.9 Å². The number of hydrogen-bond acceptors (Lipinski definition) is 6. The first-order chi connectivity index (χ1) is 13.5. The molecule has 152 valence electrons. The van der Waals surface area contributed by atoms with Gasteiger partial charge in [-0.1, -0.05) is 0 Å². The van der Waals surface area contributed by atoms with Crippen molar-refractivity contribution >= 4 is 17.7 Å². The Bertz CT molecular complexity index is 751. The summed E-state index contributed by atoms with van der Waals surface area (Å²) in [6, 6.07) is 0.184. The van der Waals surface area contributed by atoms with E-state index in [1.54, 1.807) is 0 Å². The molecule has 1 amide bonds. The molecule has 0 bridgehead atoms. The van der Waals surface area contributed by atoms with Crippen LogP contribution in [0, 0.1) is 11.3 Å². The molecule has 4 rings (SSSR count). The van der Waals surface area contributed by atoms with Crippen LogP contribution < -0.4 is 10.5 Å². The molecule has 2 fully saturated rings. The van der Waals surface area contributed by atoms with E-state index in [-0.39, 0.29) is 29.2 Å². The predicted molar refractivity (Wildman–Crippen MR) is 102 cm³/mol. The van der Waals surface area contributed by atoms with E-state index < -0.39 is 5.97 Å². The van der Waals surface area contributed by atoms with Crippen LogP contribution >= 0.6 is 0 Å². The van der Waals surface area contributed by atoms with E-state index in [2.05, 4.69) is 9.97 Å². The van der Waals surface area contributed by atoms with Crippen LogP contribution in [0.4, 0.5) is 5.82 Å². The molecule has 1 spiro atoms. The molecule has 28 heavy (non-hydrogen) atoms. The van der Waals surface area contributed by atoms with Crippen LogP contribution in [0.2, 0.25) is 0 Å². The van der Waals surface area contributed by atoms with Gasteiger partial charge in [0.05, 0.1) is 6.54 Å². The fraction of sp³-hybridized carbons (Fsp3) is 0.700. The highest BCUT2D eigenvalue weighted by Crippen LogP contribution is 2.50. The fourth-order valence-corrected chi connectivity index (χ4v) is 5.29. The van der Waals surface area contributed by atoms with Crippen LogP contribution in [-0.4, -0.2) is 51.0 Å². The van der Waals surface area contributed by atoms with Crippen LogP contribution in [-0.2, 0) is 4.79 Å². The minimum absolute atomic E-state index is 0.128. The average Bonchev–Trinajstić information content (AvgIpc) is 2.84. The first-order valence-corrected chi connectivity index (χ1v) is 10.2. The van der Waals surface area contributed by atoms with Gasteiger partial charge in [0.15, 0.2) is 0 Å². The van der Waals surface area contributed by atoms with Gasteiger partial charge in [-0.3, -0.25) is 9.59 Å². The quantitative estimate of drug-likeness (QED) is 0.816. The molecule has 2 aliphatic carbocycles. The van der Waals surface area contributed by atoms with Crippen molar-refractivity contribution in [1.29, 1.82) is 0 Å². The standard InChI is InChI=1S/C20H28N4O4/c21-17-16-18(23-12-22-17)28-10-9-24(19(16)27)14-3-7-20(8-4-14)5-1-13(2-6-20)11-15(25)26/h12-14H,1-11H2,(H,25,26)(H2,21,22,23). The number of rotatable bonds is 3. The molecular formula is C20H28N4O4. The summed E-state index contributed by atoms with van der Waals surface area (Å²) in [5, 5.41) is 9.02. The second-order valence-corrected chi connectivity index (χ2v) is 8.56. The Balaban J connectivity index is 1.40. The Hall–Kier alpha value is -2.38. The Morgan fingerprint density at radius 2 is 1.89 bits per heavy atom. The summed E-state index contributed by atoms with van der Waals surface area (Å²) < 4.78 is 5.63. The second kappa shape index (κ2) is 7.56. The Labute approximate surface area is 164 Å². The molecule has 0 aromatic carbocycles. The van der Waals surface area contributed by atoms with Gasteiger partial charge in [-0.15, -0.1) is 0 Å². The zero-order valence-electron chi connectivity index (χ0n) is 16.1. The maximum Gasteiger partial charge on any atom is 0.303 e. The number of amides is 1. The number of carboxylic acids is 1. The first-order valence-electron chi connectivity index (χ1n) is 10.2. The molecule has 2 saturated carbocycles. The molecule has 0 atom stereocenters. The van der Waals surface area contributed by atoms with Gasteiger partial charge < -0.3 is 20.5 Å². The van der Waals surface area contributed by atoms with E-state index in [1.807, 2.05) is 4.90 Å². The summed E-state index contributed by atoms with van der Waals surface area (Å²) in [6.45, 7) is 0.945. The lowest BCUT2D eigenvalue weighted by Crippen LogP contribution is -2.46. The maximum absolute atomic E-state index is 13.1. The summed E-state index contributed by atoms with van der Waals surface area (Å²) >= 11 is 0. The van der Waals surface area contributed by atoms with Gasteiger partial charge in [-0.2, -0.15) is 0 Å². The van der Waals surface area contributed by atoms with Crippen LogP contribution in [0.3, 0.4) is 0 Å². The van der Waals surface area contributed by atoms with Crippen molar-refractivity contribution < 1.29 is 19.4 Å². The van der Waals surface area contributed by atoms with Crippen molar-refractivity contribution in [3.8, 4) is 5.88 Å². The topological polar surface area (TPSA) is 119 Å². The van der Waals surface area contributed by atoms with E-state index in [0.29, 0.717) is 30.9 Å². The highest BCUT2D eigenvalue weighted by molar-refractivity contribution is 6.00. The number of carbonyl (C=O) groups excluding carboxylic acids is 1. The molecule has 2 heterocycles. The van der Waals surface area contributed by atoms with Crippen molar-refractivity contribution in [2.45, 2.75) is 63.8 Å². The molecule has 8 nitrogen and oxygen atoms in total. The Morgan fingerprint density at radius 3 is 2.57 bits per heavy atom. The molecule has 3 N–H and O–H groups in total. The third kappa shape index (κ3) is 3.64. The van der Waals surface area contributed by atoms with Gasteiger partial charge in [-0.25, -0.2) is 9.97 Å². The summed E-state index contributed by atoms with van der Waals surface area (Å²) in [7, 11) is 0. The lowest BCUT2D eigenvalue weighted by molar-refractivity contribution is -0.138. The van der Waals surface area contributed by atoms with Crippen LogP contribution in [0.1, 0.15) is 68.1 Å². The maximum atomic E-state index is 13.1. The number of nitrogen functional groups attached to an aromatic ring is 1. The van der Waals surface area contributed by atoms with Gasteiger partial charge in [-0.05, 0) is 62.7 Å². The molecular weight excluding hydrogens is 360 g/mol. The summed E-state index contributed by atoms with van der Waals surface area (Å²) in [4.78, 5) is 34.0. The number of hydrogen-bond donors (Lipinski definition) is 2. The highest BCUT2D eigenvalue weighted by Gasteiger charge is 2.41. The Kier molecular flexibility index (Phi) is 5.12. The number of aromatic nitrogens is 2. The fourth-order valence-electron chi connectivity index (χ4n) is 5.29. The molecule has 1 aliphatic heterocycles. The summed E-state index contributed by atoms with van der Waals surface area (Å²) in [6.07, 6.45) is 9.98. The van der Waals surface area contributed by atoms with E-state index in [9.17, 15) is 9.59 Å². The SMILES string of the molecule is Nc1ncnc2c1C(=O)N(C1CCC3(CCC(CC(=O)O)CC3)CC1)CCO2. The normalized spacial score (nSPS) is 30.4. The predicted octanol–water partition coefficient (Wildman–Crippen LogP) is 2.49. The van der Waals surface area contributed by atoms with Crippen molar-refractivity contribution in [1.82, 2.24) is 14.9 Å². The molecule has 8 heteroatoms. The van der Waals surface area contributed by atoms with Gasteiger partial charge in [0.2, 0.25) is 5.88 Å². The third-order valence-electron chi connectivity index (χ3n) is 6.97.